The van der Waals surface area contributed by atoms with Crippen molar-refractivity contribution in [1.82, 2.24) is 4.90 Å². The van der Waals surface area contributed by atoms with E-state index < -0.39 is 11.7 Å². The van der Waals surface area contributed by atoms with E-state index >= 15 is 0 Å². The number of carbonyl (C=O) groups is 1. The largest absolute Gasteiger partial charge is 0.508 e. The summed E-state index contributed by atoms with van der Waals surface area (Å²) in [6.45, 7) is 5.70. The second-order valence-corrected chi connectivity index (χ2v) is 5.52. The van der Waals surface area contributed by atoms with Gasteiger partial charge >= 0.3 is 6.09 Å². The number of aromatic hydroxyl groups is 1. The molecule has 100 valence electrons. The number of phenolic OH excluding ortho intramolecular Hbond substituents is 1. The van der Waals surface area contributed by atoms with Gasteiger partial charge in [-0.1, -0.05) is 11.6 Å². The smallest absolute Gasteiger partial charge is 0.410 e. The molecule has 0 bridgehead atoms. The van der Waals surface area contributed by atoms with Crippen LogP contribution in [0.25, 0.3) is 0 Å². The molecular formula is C13H18ClNO3. The van der Waals surface area contributed by atoms with Gasteiger partial charge in [-0.05, 0) is 44.5 Å². The van der Waals surface area contributed by atoms with E-state index in [1.54, 1.807) is 33.9 Å². The van der Waals surface area contributed by atoms with Crippen LogP contribution in [0.2, 0.25) is 5.02 Å². The highest BCUT2D eigenvalue weighted by Crippen LogP contribution is 2.22. The zero-order valence-electron chi connectivity index (χ0n) is 11.0. The van der Waals surface area contributed by atoms with Gasteiger partial charge in [-0.25, -0.2) is 4.79 Å². The Morgan fingerprint density at radius 3 is 2.61 bits per heavy atom. The summed E-state index contributed by atoms with van der Waals surface area (Å²) in [5, 5.41) is 9.89. The highest BCUT2D eigenvalue weighted by molar-refractivity contribution is 6.31. The van der Waals surface area contributed by atoms with Crippen LogP contribution in [0.3, 0.4) is 0 Å². The fourth-order valence-electron chi connectivity index (χ4n) is 1.34. The first-order valence-electron chi connectivity index (χ1n) is 5.60. The van der Waals surface area contributed by atoms with Gasteiger partial charge in [-0.2, -0.15) is 0 Å². The maximum Gasteiger partial charge on any atom is 0.410 e. The lowest BCUT2D eigenvalue weighted by Crippen LogP contribution is -2.33. The van der Waals surface area contributed by atoms with Crippen LogP contribution in [0.4, 0.5) is 4.79 Å². The SMILES string of the molecule is CN(Cc1cc(O)ccc1Cl)C(=O)OC(C)(C)C. The van der Waals surface area contributed by atoms with Crippen LogP contribution in [0.1, 0.15) is 26.3 Å². The van der Waals surface area contributed by atoms with Gasteiger partial charge in [0, 0.05) is 12.1 Å². The average Bonchev–Trinajstić information content (AvgIpc) is 2.21. The third kappa shape index (κ3) is 4.45. The number of nitrogens with zero attached hydrogens (tertiary/aromatic N) is 1. The van der Waals surface area contributed by atoms with E-state index in [2.05, 4.69) is 0 Å². The number of benzene rings is 1. The van der Waals surface area contributed by atoms with Crippen molar-refractivity contribution in [1.29, 1.82) is 0 Å². The van der Waals surface area contributed by atoms with Gasteiger partial charge < -0.3 is 14.7 Å². The highest BCUT2D eigenvalue weighted by atomic mass is 35.5. The van der Waals surface area contributed by atoms with Gasteiger partial charge in [-0.15, -0.1) is 0 Å². The van der Waals surface area contributed by atoms with E-state index in [-0.39, 0.29) is 12.3 Å². The molecule has 0 fully saturated rings. The third-order valence-corrected chi connectivity index (χ3v) is 2.51. The first kappa shape index (κ1) is 14.6. The Kier molecular flexibility index (Phi) is 4.46. The molecule has 0 spiro atoms. The van der Waals surface area contributed by atoms with Crippen molar-refractivity contribution in [3.05, 3.63) is 28.8 Å². The molecule has 0 aliphatic rings. The van der Waals surface area contributed by atoms with Crippen molar-refractivity contribution < 1.29 is 14.6 Å². The average molecular weight is 272 g/mol. The Labute approximate surface area is 112 Å². The molecule has 5 heteroatoms. The number of amides is 1. The van der Waals surface area contributed by atoms with Crippen LogP contribution < -0.4 is 0 Å². The number of hydrogen-bond acceptors (Lipinski definition) is 3. The van der Waals surface area contributed by atoms with Gasteiger partial charge in [0.1, 0.15) is 11.4 Å². The molecule has 18 heavy (non-hydrogen) atoms. The van der Waals surface area contributed by atoms with Crippen LogP contribution in [-0.2, 0) is 11.3 Å². The zero-order valence-corrected chi connectivity index (χ0v) is 11.8. The molecule has 1 rings (SSSR count). The van der Waals surface area contributed by atoms with E-state index in [1.165, 1.54) is 17.0 Å². The Morgan fingerprint density at radius 1 is 1.44 bits per heavy atom. The molecule has 0 saturated heterocycles. The summed E-state index contributed by atoms with van der Waals surface area (Å²) in [4.78, 5) is 13.2. The Bertz CT molecular complexity index is 440. The van der Waals surface area contributed by atoms with Crippen molar-refractivity contribution in [3.63, 3.8) is 0 Å². The fraction of sp³-hybridized carbons (Fsp3) is 0.462. The second-order valence-electron chi connectivity index (χ2n) is 5.11. The number of ether oxygens (including phenoxy) is 1. The number of hydrogen-bond donors (Lipinski definition) is 1. The summed E-state index contributed by atoms with van der Waals surface area (Å²) >= 11 is 5.99. The maximum absolute atomic E-state index is 11.8. The molecule has 1 aromatic carbocycles. The predicted octanol–water partition coefficient (Wildman–Crippen LogP) is 3.41. The minimum atomic E-state index is -0.534. The van der Waals surface area contributed by atoms with E-state index in [9.17, 15) is 9.90 Å². The molecule has 0 saturated carbocycles. The third-order valence-electron chi connectivity index (χ3n) is 2.14. The molecule has 0 radical (unpaired) electrons. The molecule has 1 aromatic rings. The Hall–Kier alpha value is -1.42. The van der Waals surface area contributed by atoms with Crippen LogP contribution in [0.15, 0.2) is 18.2 Å². The maximum atomic E-state index is 11.8. The molecule has 0 aliphatic heterocycles. The highest BCUT2D eigenvalue weighted by Gasteiger charge is 2.20. The van der Waals surface area contributed by atoms with Crippen LogP contribution in [0, 0.1) is 0 Å². The molecule has 0 heterocycles. The topological polar surface area (TPSA) is 49.8 Å². The van der Waals surface area contributed by atoms with Crippen LogP contribution in [-0.4, -0.2) is 28.7 Å². The minimum absolute atomic E-state index is 0.118. The van der Waals surface area contributed by atoms with Gasteiger partial charge in [0.15, 0.2) is 0 Å². The lowest BCUT2D eigenvalue weighted by atomic mass is 10.2. The lowest BCUT2D eigenvalue weighted by molar-refractivity contribution is 0.0285. The van der Waals surface area contributed by atoms with E-state index in [1.807, 2.05) is 0 Å². The number of phenols is 1. The predicted molar refractivity (Wildman–Crippen MR) is 70.8 cm³/mol. The van der Waals surface area contributed by atoms with Gasteiger partial charge in [0.05, 0.1) is 6.54 Å². The zero-order chi connectivity index (χ0) is 13.9. The van der Waals surface area contributed by atoms with Crippen molar-refractivity contribution in [2.24, 2.45) is 0 Å². The van der Waals surface area contributed by atoms with Gasteiger partial charge in [0.25, 0.3) is 0 Å². The monoisotopic (exact) mass is 271 g/mol. The number of halogens is 1. The summed E-state index contributed by atoms with van der Waals surface area (Å²) < 4.78 is 5.22. The van der Waals surface area contributed by atoms with E-state index in [0.717, 1.165) is 0 Å². The summed E-state index contributed by atoms with van der Waals surface area (Å²) in [5.74, 6) is 0.118. The minimum Gasteiger partial charge on any atom is -0.508 e. The molecule has 1 N–H and O–H groups in total. The van der Waals surface area contributed by atoms with Crippen molar-refractivity contribution in [2.45, 2.75) is 32.9 Å². The molecule has 0 unspecified atom stereocenters. The van der Waals surface area contributed by atoms with Crippen LogP contribution in [0.5, 0.6) is 5.75 Å². The van der Waals surface area contributed by atoms with Crippen molar-refractivity contribution in [2.75, 3.05) is 7.05 Å². The van der Waals surface area contributed by atoms with E-state index in [4.69, 9.17) is 16.3 Å². The molecule has 4 nitrogen and oxygen atoms in total. The van der Waals surface area contributed by atoms with E-state index in [0.29, 0.717) is 10.6 Å². The fourth-order valence-corrected chi connectivity index (χ4v) is 1.52. The van der Waals surface area contributed by atoms with Crippen LogP contribution >= 0.6 is 11.6 Å². The molecular weight excluding hydrogens is 254 g/mol. The number of carbonyl (C=O) groups excluding carboxylic acids is 1. The molecule has 0 aromatic heterocycles. The Morgan fingerprint density at radius 2 is 2.06 bits per heavy atom. The summed E-state index contributed by atoms with van der Waals surface area (Å²) in [6.07, 6.45) is -0.429. The molecule has 0 atom stereocenters. The Balaban J connectivity index is 2.72. The normalized spacial score (nSPS) is 11.2. The second kappa shape index (κ2) is 5.48. The molecule has 1 amide bonds. The summed E-state index contributed by atoms with van der Waals surface area (Å²) in [6, 6.07) is 4.62. The summed E-state index contributed by atoms with van der Waals surface area (Å²) in [7, 11) is 1.62. The molecule has 0 aliphatic carbocycles. The standard InChI is InChI=1S/C13H18ClNO3/c1-13(2,3)18-12(17)15(4)8-9-7-10(16)5-6-11(9)14/h5-7,16H,8H2,1-4H3. The van der Waals surface area contributed by atoms with Gasteiger partial charge in [-0.3, -0.25) is 0 Å². The van der Waals surface area contributed by atoms with Gasteiger partial charge in [0.2, 0.25) is 0 Å². The first-order valence-corrected chi connectivity index (χ1v) is 5.98. The van der Waals surface area contributed by atoms with Crippen molar-refractivity contribution >= 4 is 17.7 Å². The lowest BCUT2D eigenvalue weighted by Gasteiger charge is -2.24. The summed E-state index contributed by atoms with van der Waals surface area (Å²) in [5.41, 5.74) is 0.138. The van der Waals surface area contributed by atoms with Crippen molar-refractivity contribution in [3.8, 4) is 5.75 Å². The number of rotatable bonds is 2. The first-order chi connectivity index (χ1) is 8.19. The quantitative estimate of drug-likeness (QED) is 0.897.